The highest BCUT2D eigenvalue weighted by molar-refractivity contribution is 5.08. The van der Waals surface area contributed by atoms with Gasteiger partial charge in [0.05, 0.1) is 11.7 Å². The van der Waals surface area contributed by atoms with Crippen LogP contribution in [-0.2, 0) is 6.54 Å². The fraction of sp³-hybridized carbons (Fsp3) is 0.786. The van der Waals surface area contributed by atoms with E-state index in [-0.39, 0.29) is 0 Å². The zero-order valence-electron chi connectivity index (χ0n) is 11.7. The Balaban J connectivity index is 2.91. The van der Waals surface area contributed by atoms with Crippen LogP contribution in [0.2, 0.25) is 0 Å². The smallest absolute Gasteiger partial charge is 0.0556 e. The first-order chi connectivity index (χ1) is 8.28. The Hall–Kier alpha value is -0.830. The van der Waals surface area contributed by atoms with Crippen LogP contribution in [0.15, 0.2) is 12.3 Å². The van der Waals surface area contributed by atoms with Crippen LogP contribution in [0.5, 0.6) is 0 Å². The molecule has 0 spiro atoms. The van der Waals surface area contributed by atoms with Gasteiger partial charge in [-0.3, -0.25) is 4.68 Å². The van der Waals surface area contributed by atoms with Gasteiger partial charge in [-0.2, -0.15) is 5.10 Å². The zero-order valence-corrected chi connectivity index (χ0v) is 11.7. The molecule has 0 radical (unpaired) electrons. The summed E-state index contributed by atoms with van der Waals surface area (Å²) < 4.78 is 2.16. The van der Waals surface area contributed by atoms with E-state index in [4.69, 9.17) is 0 Å². The largest absolute Gasteiger partial charge is 0.309 e. The number of aryl methyl sites for hydroxylation is 1. The fourth-order valence-electron chi connectivity index (χ4n) is 2.50. The summed E-state index contributed by atoms with van der Waals surface area (Å²) in [7, 11) is 0. The van der Waals surface area contributed by atoms with E-state index in [1.165, 1.54) is 18.5 Å². The Morgan fingerprint density at radius 2 is 1.94 bits per heavy atom. The lowest BCUT2D eigenvalue weighted by atomic mass is 9.91. The van der Waals surface area contributed by atoms with E-state index in [1.807, 2.05) is 6.20 Å². The first-order valence-corrected chi connectivity index (χ1v) is 7.03. The third kappa shape index (κ3) is 3.56. The van der Waals surface area contributed by atoms with E-state index >= 15 is 0 Å². The number of rotatable bonds is 8. The summed E-state index contributed by atoms with van der Waals surface area (Å²) in [6, 6.07) is 2.62. The molecule has 1 rings (SSSR count). The second-order valence-corrected chi connectivity index (χ2v) is 4.59. The van der Waals surface area contributed by atoms with E-state index in [2.05, 4.69) is 48.9 Å². The normalized spacial score (nSPS) is 13.2. The molecule has 0 bridgehead atoms. The monoisotopic (exact) mass is 237 g/mol. The van der Waals surface area contributed by atoms with Crippen molar-refractivity contribution in [1.29, 1.82) is 0 Å². The maximum atomic E-state index is 4.44. The first-order valence-electron chi connectivity index (χ1n) is 7.03. The molecule has 3 nitrogen and oxygen atoms in total. The maximum Gasteiger partial charge on any atom is 0.0556 e. The van der Waals surface area contributed by atoms with Crippen LogP contribution in [0.4, 0.5) is 0 Å². The number of nitrogens with one attached hydrogen (secondary N) is 1. The maximum absolute atomic E-state index is 4.44. The molecule has 17 heavy (non-hydrogen) atoms. The second kappa shape index (κ2) is 7.49. The molecule has 0 aliphatic carbocycles. The van der Waals surface area contributed by atoms with Crippen molar-refractivity contribution < 1.29 is 0 Å². The molecule has 0 aliphatic heterocycles. The van der Waals surface area contributed by atoms with Gasteiger partial charge in [0.1, 0.15) is 0 Å². The molecule has 0 amide bonds. The lowest BCUT2D eigenvalue weighted by molar-refractivity contribution is 0.326. The number of nitrogens with zero attached hydrogens (tertiary/aromatic N) is 2. The first kappa shape index (κ1) is 14.2. The zero-order chi connectivity index (χ0) is 12.7. The minimum atomic E-state index is 0.448. The number of hydrogen-bond acceptors (Lipinski definition) is 2. The molecule has 0 fully saturated rings. The molecule has 0 aliphatic rings. The molecule has 1 N–H and O–H groups in total. The van der Waals surface area contributed by atoms with Gasteiger partial charge in [0.15, 0.2) is 0 Å². The SMILES string of the molecule is CCCn1nccc1C(NCC)C(CC)CC. The Morgan fingerprint density at radius 3 is 2.47 bits per heavy atom. The third-order valence-corrected chi connectivity index (χ3v) is 3.45. The Morgan fingerprint density at radius 1 is 1.24 bits per heavy atom. The van der Waals surface area contributed by atoms with Crippen molar-refractivity contribution in [3.8, 4) is 0 Å². The average molecular weight is 237 g/mol. The Labute approximate surface area is 106 Å². The van der Waals surface area contributed by atoms with Crippen molar-refractivity contribution in [3.05, 3.63) is 18.0 Å². The van der Waals surface area contributed by atoms with E-state index in [9.17, 15) is 0 Å². The van der Waals surface area contributed by atoms with E-state index in [0.29, 0.717) is 12.0 Å². The summed E-state index contributed by atoms with van der Waals surface area (Å²) in [6.07, 6.45) is 5.49. The molecule has 3 heteroatoms. The lowest BCUT2D eigenvalue weighted by Crippen LogP contribution is -2.30. The van der Waals surface area contributed by atoms with Crippen LogP contribution in [0.25, 0.3) is 0 Å². The average Bonchev–Trinajstić information content (AvgIpc) is 2.78. The van der Waals surface area contributed by atoms with Crippen LogP contribution in [0, 0.1) is 5.92 Å². The summed E-state index contributed by atoms with van der Waals surface area (Å²) in [5.74, 6) is 0.697. The molecule has 0 saturated heterocycles. The predicted octanol–water partition coefficient (Wildman–Crippen LogP) is 3.38. The van der Waals surface area contributed by atoms with E-state index in [0.717, 1.165) is 19.5 Å². The third-order valence-electron chi connectivity index (χ3n) is 3.45. The highest BCUT2D eigenvalue weighted by Gasteiger charge is 2.22. The summed E-state index contributed by atoms with van der Waals surface area (Å²) >= 11 is 0. The summed E-state index contributed by atoms with van der Waals surface area (Å²) in [4.78, 5) is 0. The molecule has 98 valence electrons. The van der Waals surface area contributed by atoms with Gasteiger partial charge in [0, 0.05) is 12.7 Å². The minimum Gasteiger partial charge on any atom is -0.309 e. The molecular formula is C14H27N3. The minimum absolute atomic E-state index is 0.448. The predicted molar refractivity (Wildman–Crippen MR) is 73.0 cm³/mol. The fourth-order valence-corrected chi connectivity index (χ4v) is 2.50. The Kier molecular flexibility index (Phi) is 6.27. The van der Waals surface area contributed by atoms with Crippen LogP contribution < -0.4 is 5.32 Å². The molecule has 1 atom stereocenters. The van der Waals surface area contributed by atoms with Crippen LogP contribution in [0.3, 0.4) is 0 Å². The van der Waals surface area contributed by atoms with Gasteiger partial charge < -0.3 is 5.32 Å². The van der Waals surface area contributed by atoms with Crippen LogP contribution in [0.1, 0.15) is 58.7 Å². The quantitative estimate of drug-likeness (QED) is 0.751. The topological polar surface area (TPSA) is 29.9 Å². The summed E-state index contributed by atoms with van der Waals surface area (Å²) in [6.45, 7) is 11.0. The molecular weight excluding hydrogens is 210 g/mol. The van der Waals surface area contributed by atoms with Crippen LogP contribution >= 0.6 is 0 Å². The van der Waals surface area contributed by atoms with E-state index in [1.54, 1.807) is 0 Å². The van der Waals surface area contributed by atoms with Gasteiger partial charge in [-0.1, -0.05) is 40.5 Å². The van der Waals surface area contributed by atoms with Gasteiger partial charge in [-0.25, -0.2) is 0 Å². The molecule has 0 saturated carbocycles. The summed E-state index contributed by atoms with van der Waals surface area (Å²) in [5.41, 5.74) is 1.35. The molecule has 0 aromatic carbocycles. The van der Waals surface area contributed by atoms with Gasteiger partial charge in [-0.05, 0) is 24.9 Å². The number of hydrogen-bond donors (Lipinski definition) is 1. The van der Waals surface area contributed by atoms with Gasteiger partial charge >= 0.3 is 0 Å². The Bertz CT molecular complexity index is 302. The van der Waals surface area contributed by atoms with Crippen LogP contribution in [-0.4, -0.2) is 16.3 Å². The second-order valence-electron chi connectivity index (χ2n) is 4.59. The van der Waals surface area contributed by atoms with Crippen molar-refractivity contribution >= 4 is 0 Å². The van der Waals surface area contributed by atoms with Crippen molar-refractivity contribution in [1.82, 2.24) is 15.1 Å². The molecule has 1 aromatic heterocycles. The highest BCUT2D eigenvalue weighted by Crippen LogP contribution is 2.27. The highest BCUT2D eigenvalue weighted by atomic mass is 15.3. The van der Waals surface area contributed by atoms with Gasteiger partial charge in [0.2, 0.25) is 0 Å². The molecule has 1 aromatic rings. The van der Waals surface area contributed by atoms with Gasteiger partial charge in [0.25, 0.3) is 0 Å². The molecule has 1 heterocycles. The standard InChI is InChI=1S/C14H27N3/c1-5-11-17-13(9-10-16-17)14(15-8-4)12(6-2)7-3/h9-10,12,14-15H,5-8,11H2,1-4H3. The van der Waals surface area contributed by atoms with Crippen molar-refractivity contribution in [2.45, 2.75) is 59.5 Å². The molecule has 1 unspecified atom stereocenters. The van der Waals surface area contributed by atoms with Crippen molar-refractivity contribution in [3.63, 3.8) is 0 Å². The number of aromatic nitrogens is 2. The van der Waals surface area contributed by atoms with E-state index < -0.39 is 0 Å². The van der Waals surface area contributed by atoms with Gasteiger partial charge in [-0.15, -0.1) is 0 Å². The van der Waals surface area contributed by atoms with Crippen molar-refractivity contribution in [2.24, 2.45) is 5.92 Å². The van der Waals surface area contributed by atoms with Crippen molar-refractivity contribution in [2.75, 3.05) is 6.54 Å². The lowest BCUT2D eigenvalue weighted by Gasteiger charge is -2.26. The summed E-state index contributed by atoms with van der Waals surface area (Å²) in [5, 5.41) is 8.06.